The molecule has 0 aliphatic carbocycles. The van der Waals surface area contributed by atoms with Gasteiger partial charge >= 0.3 is 0 Å². The summed E-state index contributed by atoms with van der Waals surface area (Å²) in [5.74, 6) is -0.0884. The second kappa shape index (κ2) is 9.52. The van der Waals surface area contributed by atoms with Gasteiger partial charge < -0.3 is 9.47 Å². The molecule has 9 nitrogen and oxygen atoms in total. The van der Waals surface area contributed by atoms with Crippen LogP contribution in [0.3, 0.4) is 0 Å². The molecule has 2 aromatic rings. The Kier molecular flexibility index (Phi) is 7.38. The fraction of sp³-hybridized carbons (Fsp3) is 0.429. The minimum absolute atomic E-state index is 0.0387. The van der Waals surface area contributed by atoms with E-state index in [0.29, 0.717) is 6.61 Å². The van der Waals surface area contributed by atoms with E-state index in [1.54, 1.807) is 6.08 Å². The van der Waals surface area contributed by atoms with Crippen LogP contribution in [-0.2, 0) is 21.0 Å². The van der Waals surface area contributed by atoms with Gasteiger partial charge in [-0.3, -0.25) is 24.5 Å². The number of carbonyl (C=O) groups is 1. The second-order valence-electron chi connectivity index (χ2n) is 4.95. The molecule has 2 rings (SSSR count). The van der Waals surface area contributed by atoms with Gasteiger partial charge in [-0.2, -0.15) is 4.98 Å². The highest BCUT2D eigenvalue weighted by Crippen LogP contribution is 2.09. The molecule has 11 heteroatoms. The summed E-state index contributed by atoms with van der Waals surface area (Å²) >= 11 is 11.3. The first-order valence-electron chi connectivity index (χ1n) is 7.28. The minimum atomic E-state index is -0.461. The number of hydrogen-bond acceptors (Lipinski definition) is 6. The Balaban J connectivity index is 2.08. The third kappa shape index (κ3) is 5.53. The molecule has 1 atom stereocenters. The van der Waals surface area contributed by atoms with Crippen molar-refractivity contribution in [2.75, 3.05) is 24.4 Å². The molecule has 0 saturated carbocycles. The summed E-state index contributed by atoms with van der Waals surface area (Å²) in [5, 5.41) is 2.42. The van der Waals surface area contributed by atoms with Gasteiger partial charge in [-0.15, -0.1) is 11.6 Å². The number of halogens is 2. The van der Waals surface area contributed by atoms with Crippen LogP contribution in [0.1, 0.15) is 6.92 Å². The van der Waals surface area contributed by atoms with Gasteiger partial charge in [-0.1, -0.05) is 11.6 Å². The van der Waals surface area contributed by atoms with Gasteiger partial charge in [-0.05, 0) is 6.08 Å². The molecular formula is C14H17Cl2N5O4. The molecule has 0 aromatic carbocycles. The number of nitrogens with one attached hydrogen (secondary N) is 2. The lowest BCUT2D eigenvalue weighted by Gasteiger charge is -2.15. The Morgan fingerprint density at radius 1 is 1.56 bits per heavy atom. The van der Waals surface area contributed by atoms with Gasteiger partial charge in [0.05, 0.1) is 31.5 Å². The summed E-state index contributed by atoms with van der Waals surface area (Å²) in [6, 6.07) is 0. The standard InChI is InChI=1S/C14H17Cl2N5O4/c1-9(22)18-14-19-12-11(13(23)20-14)17-7-21(12)8-25-10(5-16)6-24-4-2-3-15/h2-3,7,10H,4-6,8H2,1H3,(H2,18,19,20,22,23)/b3-2+. The van der Waals surface area contributed by atoms with Crippen molar-refractivity contribution in [1.82, 2.24) is 19.5 Å². The van der Waals surface area contributed by atoms with Crippen LogP contribution in [0, 0.1) is 0 Å². The smallest absolute Gasteiger partial charge is 0.280 e. The molecule has 2 N–H and O–H groups in total. The van der Waals surface area contributed by atoms with Gasteiger partial charge in [0.15, 0.2) is 11.2 Å². The molecule has 25 heavy (non-hydrogen) atoms. The number of H-pyrrole nitrogens is 1. The molecule has 136 valence electrons. The Bertz CT molecular complexity index is 804. The van der Waals surface area contributed by atoms with E-state index in [0.717, 1.165) is 0 Å². The Morgan fingerprint density at radius 2 is 2.36 bits per heavy atom. The summed E-state index contributed by atoms with van der Waals surface area (Å²) in [6.45, 7) is 2.02. The second-order valence-corrected chi connectivity index (χ2v) is 5.51. The largest absolute Gasteiger partial charge is 0.375 e. The molecule has 2 aromatic heterocycles. The first-order chi connectivity index (χ1) is 12.0. The van der Waals surface area contributed by atoms with Gasteiger partial charge in [0.1, 0.15) is 6.73 Å². The number of hydrogen-bond donors (Lipinski definition) is 2. The topological polar surface area (TPSA) is 111 Å². The van der Waals surface area contributed by atoms with Crippen LogP contribution >= 0.6 is 23.2 Å². The number of ether oxygens (including phenoxy) is 2. The van der Waals surface area contributed by atoms with Crippen molar-refractivity contribution in [2.24, 2.45) is 0 Å². The lowest BCUT2D eigenvalue weighted by molar-refractivity contribution is -0.114. The molecule has 0 bridgehead atoms. The summed E-state index contributed by atoms with van der Waals surface area (Å²) in [5.41, 5.74) is 1.33. The lowest BCUT2D eigenvalue weighted by Crippen LogP contribution is -2.23. The fourth-order valence-corrected chi connectivity index (χ4v) is 2.15. The average Bonchev–Trinajstić information content (AvgIpc) is 2.97. The number of rotatable bonds is 9. The third-order valence-electron chi connectivity index (χ3n) is 3.00. The molecule has 0 spiro atoms. The van der Waals surface area contributed by atoms with Crippen LogP contribution < -0.4 is 10.9 Å². The van der Waals surface area contributed by atoms with E-state index in [1.165, 1.54) is 23.4 Å². The number of alkyl halides is 1. The number of aromatic amines is 1. The third-order valence-corrected chi connectivity index (χ3v) is 3.52. The van der Waals surface area contributed by atoms with Gasteiger partial charge in [-0.25, -0.2) is 4.98 Å². The number of amides is 1. The fourth-order valence-electron chi connectivity index (χ4n) is 1.90. The van der Waals surface area contributed by atoms with Crippen LogP contribution in [-0.4, -0.2) is 50.6 Å². The first kappa shape index (κ1) is 19.4. The van der Waals surface area contributed by atoms with E-state index in [-0.39, 0.29) is 48.3 Å². The van der Waals surface area contributed by atoms with Crippen molar-refractivity contribution >= 4 is 46.2 Å². The number of anilines is 1. The average molecular weight is 390 g/mol. The molecular weight excluding hydrogens is 373 g/mol. The maximum absolute atomic E-state index is 12.0. The van der Waals surface area contributed by atoms with Crippen molar-refractivity contribution in [3.63, 3.8) is 0 Å². The van der Waals surface area contributed by atoms with Gasteiger partial charge in [0.2, 0.25) is 11.9 Å². The molecule has 1 amide bonds. The van der Waals surface area contributed by atoms with Crippen LogP contribution in [0.2, 0.25) is 0 Å². The van der Waals surface area contributed by atoms with Crippen LogP contribution in [0.5, 0.6) is 0 Å². The molecule has 2 heterocycles. The number of nitrogens with zero attached hydrogens (tertiary/aromatic N) is 3. The Morgan fingerprint density at radius 3 is 3.04 bits per heavy atom. The number of fused-ring (bicyclic) bond motifs is 1. The number of aromatic nitrogens is 4. The maximum Gasteiger partial charge on any atom is 0.280 e. The SMILES string of the molecule is CC(=O)Nc1nc2c(ncn2COC(CCl)COC/C=C/Cl)c(=O)[nH]1. The van der Waals surface area contributed by atoms with Gasteiger partial charge in [0.25, 0.3) is 5.56 Å². The van der Waals surface area contributed by atoms with Crippen molar-refractivity contribution in [3.8, 4) is 0 Å². The zero-order chi connectivity index (χ0) is 18.2. The zero-order valence-electron chi connectivity index (χ0n) is 13.4. The molecule has 0 fully saturated rings. The summed E-state index contributed by atoms with van der Waals surface area (Å²) in [4.78, 5) is 33.7. The normalized spacial score (nSPS) is 12.8. The predicted molar refractivity (Wildman–Crippen MR) is 93.9 cm³/mol. The molecule has 0 aliphatic rings. The zero-order valence-corrected chi connectivity index (χ0v) is 14.9. The van der Waals surface area contributed by atoms with Crippen LogP contribution in [0.4, 0.5) is 5.95 Å². The van der Waals surface area contributed by atoms with Crippen molar-refractivity contribution in [3.05, 3.63) is 28.3 Å². The van der Waals surface area contributed by atoms with E-state index in [4.69, 9.17) is 32.7 Å². The minimum Gasteiger partial charge on any atom is -0.375 e. The quantitative estimate of drug-likeness (QED) is 0.495. The van der Waals surface area contributed by atoms with E-state index in [1.807, 2.05) is 0 Å². The van der Waals surface area contributed by atoms with Crippen molar-refractivity contribution in [2.45, 2.75) is 19.8 Å². The van der Waals surface area contributed by atoms with Crippen molar-refractivity contribution < 1.29 is 14.3 Å². The first-order valence-corrected chi connectivity index (χ1v) is 8.25. The van der Waals surface area contributed by atoms with Crippen molar-refractivity contribution in [1.29, 1.82) is 0 Å². The highest BCUT2D eigenvalue weighted by atomic mass is 35.5. The summed E-state index contributed by atoms with van der Waals surface area (Å²) in [7, 11) is 0. The highest BCUT2D eigenvalue weighted by Gasteiger charge is 2.13. The Labute approximate surface area is 152 Å². The molecule has 0 radical (unpaired) electrons. The Hall–Kier alpha value is -1.94. The summed E-state index contributed by atoms with van der Waals surface area (Å²) < 4.78 is 12.5. The molecule has 1 unspecified atom stereocenters. The van der Waals surface area contributed by atoms with Crippen LogP contribution in [0.25, 0.3) is 11.2 Å². The number of carbonyl (C=O) groups excluding carboxylic acids is 1. The monoisotopic (exact) mass is 389 g/mol. The summed E-state index contributed by atoms with van der Waals surface area (Å²) in [6.07, 6.45) is 2.71. The maximum atomic E-state index is 12.0. The molecule has 0 saturated heterocycles. The van der Waals surface area contributed by atoms with E-state index in [2.05, 4.69) is 20.3 Å². The predicted octanol–water partition coefficient (Wildman–Crippen LogP) is 1.43. The highest BCUT2D eigenvalue weighted by molar-refractivity contribution is 6.25. The lowest BCUT2D eigenvalue weighted by atomic mass is 10.4. The van der Waals surface area contributed by atoms with Gasteiger partial charge in [0, 0.05) is 12.5 Å². The number of imidazole rings is 1. The van der Waals surface area contributed by atoms with E-state index in [9.17, 15) is 9.59 Å². The van der Waals surface area contributed by atoms with Crippen LogP contribution in [0.15, 0.2) is 22.7 Å². The molecule has 0 aliphatic heterocycles. The van der Waals surface area contributed by atoms with E-state index < -0.39 is 5.56 Å². The van der Waals surface area contributed by atoms with E-state index >= 15 is 0 Å².